The molecule has 19 heavy (non-hydrogen) atoms. The van der Waals surface area contributed by atoms with Gasteiger partial charge in [-0.05, 0) is 30.3 Å². The van der Waals surface area contributed by atoms with Gasteiger partial charge in [0.15, 0.2) is 5.82 Å². The number of nitrogens with two attached hydrogens (primary N) is 2. The molecule has 5 N–H and O–H groups in total. The lowest BCUT2D eigenvalue weighted by molar-refractivity contribution is 0.100. The van der Waals surface area contributed by atoms with Crippen LogP contribution < -0.4 is 16.8 Å². The van der Waals surface area contributed by atoms with Crippen molar-refractivity contribution in [1.82, 2.24) is 0 Å². The quantitative estimate of drug-likeness (QED) is 0.756. The highest BCUT2D eigenvalue weighted by atomic mass is 35.5. The molecule has 0 radical (unpaired) electrons. The van der Waals surface area contributed by atoms with Crippen molar-refractivity contribution in [2.45, 2.75) is 0 Å². The number of carbonyl (C=O) groups excluding carboxylic acids is 1. The molecular formula is C13H11ClFN3O. The number of carbonyl (C=O) groups is 1. The Morgan fingerprint density at radius 2 is 1.95 bits per heavy atom. The van der Waals surface area contributed by atoms with Crippen molar-refractivity contribution in [3.05, 3.63) is 52.8 Å². The van der Waals surface area contributed by atoms with Crippen LogP contribution in [-0.4, -0.2) is 5.91 Å². The number of nitrogens with one attached hydrogen (secondary N) is 1. The van der Waals surface area contributed by atoms with Gasteiger partial charge in [0, 0.05) is 5.69 Å². The summed E-state index contributed by atoms with van der Waals surface area (Å²) in [4.78, 5) is 11.3. The van der Waals surface area contributed by atoms with Gasteiger partial charge in [0.05, 0.1) is 22.0 Å². The van der Waals surface area contributed by atoms with Crippen molar-refractivity contribution in [2.24, 2.45) is 5.73 Å². The van der Waals surface area contributed by atoms with Gasteiger partial charge in [0.1, 0.15) is 0 Å². The van der Waals surface area contributed by atoms with Gasteiger partial charge in [-0.2, -0.15) is 0 Å². The van der Waals surface area contributed by atoms with E-state index in [1.54, 1.807) is 18.2 Å². The topological polar surface area (TPSA) is 81.1 Å². The average molecular weight is 280 g/mol. The highest BCUT2D eigenvalue weighted by molar-refractivity contribution is 6.31. The number of rotatable bonds is 3. The lowest BCUT2D eigenvalue weighted by atomic mass is 10.1. The van der Waals surface area contributed by atoms with Crippen LogP contribution in [0.2, 0.25) is 5.02 Å². The van der Waals surface area contributed by atoms with Crippen LogP contribution in [0, 0.1) is 5.82 Å². The van der Waals surface area contributed by atoms with Crippen LogP contribution >= 0.6 is 11.6 Å². The Bertz CT molecular complexity index is 646. The Morgan fingerprint density at radius 3 is 2.63 bits per heavy atom. The summed E-state index contributed by atoms with van der Waals surface area (Å²) in [7, 11) is 0. The Hall–Kier alpha value is -2.27. The van der Waals surface area contributed by atoms with E-state index in [1.165, 1.54) is 18.2 Å². The SMILES string of the molecule is NC(=O)c1cc(N)ccc1Nc1cccc(Cl)c1F. The molecule has 2 aromatic rings. The predicted molar refractivity (Wildman–Crippen MR) is 74.1 cm³/mol. The molecule has 6 heteroatoms. The second-order valence-electron chi connectivity index (χ2n) is 3.90. The summed E-state index contributed by atoms with van der Waals surface area (Å²) in [5.74, 6) is -1.26. The van der Waals surface area contributed by atoms with Gasteiger partial charge in [-0.25, -0.2) is 4.39 Å². The predicted octanol–water partition coefficient (Wildman–Crippen LogP) is 2.90. The van der Waals surface area contributed by atoms with Crippen LogP contribution in [0.4, 0.5) is 21.5 Å². The Labute approximate surface area is 114 Å². The van der Waals surface area contributed by atoms with Gasteiger partial charge < -0.3 is 16.8 Å². The van der Waals surface area contributed by atoms with Crippen molar-refractivity contribution < 1.29 is 9.18 Å². The monoisotopic (exact) mass is 279 g/mol. The molecule has 0 heterocycles. The Morgan fingerprint density at radius 1 is 1.21 bits per heavy atom. The summed E-state index contributed by atoms with van der Waals surface area (Å²) in [6.45, 7) is 0. The molecule has 0 spiro atoms. The number of hydrogen-bond donors (Lipinski definition) is 3. The van der Waals surface area contributed by atoms with Crippen LogP contribution in [0.5, 0.6) is 0 Å². The maximum atomic E-state index is 13.8. The molecular weight excluding hydrogens is 269 g/mol. The average Bonchev–Trinajstić information content (AvgIpc) is 2.36. The van der Waals surface area contributed by atoms with Crippen molar-refractivity contribution in [3.8, 4) is 0 Å². The number of hydrogen-bond acceptors (Lipinski definition) is 3. The van der Waals surface area contributed by atoms with E-state index in [2.05, 4.69) is 5.32 Å². The second-order valence-corrected chi connectivity index (χ2v) is 4.30. The van der Waals surface area contributed by atoms with Gasteiger partial charge in [-0.1, -0.05) is 17.7 Å². The molecule has 2 aromatic carbocycles. The number of anilines is 3. The van der Waals surface area contributed by atoms with E-state index in [-0.39, 0.29) is 16.3 Å². The summed E-state index contributed by atoms with van der Waals surface area (Å²) >= 11 is 5.68. The Balaban J connectivity index is 2.44. The highest BCUT2D eigenvalue weighted by Gasteiger charge is 2.12. The third-order valence-corrected chi connectivity index (χ3v) is 2.82. The van der Waals surface area contributed by atoms with Crippen LogP contribution in [0.1, 0.15) is 10.4 Å². The standard InChI is InChI=1S/C13H11ClFN3O/c14-9-2-1-3-11(12(9)15)18-10-5-4-7(16)6-8(10)13(17)19/h1-6,18H,16H2,(H2,17,19). The smallest absolute Gasteiger partial charge is 0.250 e. The molecule has 0 saturated carbocycles. The molecule has 0 fully saturated rings. The Kier molecular flexibility index (Phi) is 3.57. The van der Waals surface area contributed by atoms with Crippen molar-refractivity contribution in [3.63, 3.8) is 0 Å². The van der Waals surface area contributed by atoms with Crippen LogP contribution in [0.3, 0.4) is 0 Å². The first-order valence-corrected chi connectivity index (χ1v) is 5.77. The zero-order chi connectivity index (χ0) is 14.0. The molecule has 0 aliphatic heterocycles. The third kappa shape index (κ3) is 2.77. The maximum Gasteiger partial charge on any atom is 0.250 e. The van der Waals surface area contributed by atoms with E-state index in [0.29, 0.717) is 11.4 Å². The van der Waals surface area contributed by atoms with Crippen LogP contribution in [-0.2, 0) is 0 Å². The van der Waals surface area contributed by atoms with Crippen LogP contribution in [0.25, 0.3) is 0 Å². The first-order chi connectivity index (χ1) is 8.99. The minimum absolute atomic E-state index is 0.0129. The summed E-state index contributed by atoms with van der Waals surface area (Å²) < 4.78 is 13.8. The summed E-state index contributed by atoms with van der Waals surface area (Å²) in [6, 6.07) is 9.08. The molecule has 0 unspecified atom stereocenters. The fourth-order valence-electron chi connectivity index (χ4n) is 1.62. The van der Waals surface area contributed by atoms with Gasteiger partial charge >= 0.3 is 0 Å². The largest absolute Gasteiger partial charge is 0.399 e. The zero-order valence-corrected chi connectivity index (χ0v) is 10.5. The fraction of sp³-hybridized carbons (Fsp3) is 0. The summed E-state index contributed by atoms with van der Waals surface area (Å²) in [5, 5.41) is 2.76. The first-order valence-electron chi connectivity index (χ1n) is 5.39. The molecule has 0 bridgehead atoms. The second kappa shape index (κ2) is 5.16. The molecule has 0 saturated heterocycles. The third-order valence-electron chi connectivity index (χ3n) is 2.53. The molecule has 2 rings (SSSR count). The van der Waals surface area contributed by atoms with E-state index in [9.17, 15) is 9.18 Å². The van der Waals surface area contributed by atoms with Crippen molar-refractivity contribution in [2.75, 3.05) is 11.1 Å². The first kappa shape index (κ1) is 13.2. The summed E-state index contributed by atoms with van der Waals surface area (Å²) in [6.07, 6.45) is 0. The number of amides is 1. The molecule has 4 nitrogen and oxygen atoms in total. The fourth-order valence-corrected chi connectivity index (χ4v) is 1.79. The molecule has 0 atom stereocenters. The maximum absolute atomic E-state index is 13.8. The molecule has 0 aliphatic carbocycles. The lowest BCUT2D eigenvalue weighted by Crippen LogP contribution is -2.14. The molecule has 0 aliphatic rings. The lowest BCUT2D eigenvalue weighted by Gasteiger charge is -2.12. The highest BCUT2D eigenvalue weighted by Crippen LogP contribution is 2.27. The van der Waals surface area contributed by atoms with Gasteiger partial charge in [0.2, 0.25) is 0 Å². The van der Waals surface area contributed by atoms with Gasteiger partial charge in [-0.15, -0.1) is 0 Å². The molecule has 1 amide bonds. The van der Waals surface area contributed by atoms with E-state index in [1.807, 2.05) is 0 Å². The minimum Gasteiger partial charge on any atom is -0.399 e. The van der Waals surface area contributed by atoms with Crippen molar-refractivity contribution >= 4 is 34.6 Å². The van der Waals surface area contributed by atoms with E-state index < -0.39 is 11.7 Å². The molecule has 98 valence electrons. The van der Waals surface area contributed by atoms with Crippen LogP contribution in [0.15, 0.2) is 36.4 Å². The van der Waals surface area contributed by atoms with E-state index >= 15 is 0 Å². The minimum atomic E-state index is -0.655. The van der Waals surface area contributed by atoms with E-state index in [4.69, 9.17) is 23.1 Å². The number of halogens is 2. The van der Waals surface area contributed by atoms with E-state index in [0.717, 1.165) is 0 Å². The molecule has 0 aromatic heterocycles. The zero-order valence-electron chi connectivity index (χ0n) is 9.78. The van der Waals surface area contributed by atoms with Crippen molar-refractivity contribution in [1.29, 1.82) is 0 Å². The van der Waals surface area contributed by atoms with Gasteiger partial charge in [0.25, 0.3) is 5.91 Å². The number of benzene rings is 2. The normalized spacial score (nSPS) is 10.2. The van der Waals surface area contributed by atoms with Gasteiger partial charge in [-0.3, -0.25) is 4.79 Å². The number of primary amides is 1. The summed E-state index contributed by atoms with van der Waals surface area (Å²) in [5.41, 5.74) is 11.9. The number of nitrogen functional groups attached to an aromatic ring is 1.